The van der Waals surface area contributed by atoms with E-state index in [2.05, 4.69) is 22.6 Å². The summed E-state index contributed by atoms with van der Waals surface area (Å²) >= 11 is 8.10. The van der Waals surface area contributed by atoms with Crippen molar-refractivity contribution in [3.63, 3.8) is 0 Å². The molecule has 25 heavy (non-hydrogen) atoms. The van der Waals surface area contributed by atoms with E-state index in [1.807, 2.05) is 0 Å². The molecule has 1 fully saturated rings. The molecule has 5 nitrogen and oxygen atoms in total. The Kier molecular flexibility index (Phi) is 5.48. The van der Waals surface area contributed by atoms with Crippen LogP contribution >= 0.6 is 34.2 Å². The standard InChI is InChI=1S/C18H16ClIN2O3/c19-14-6-5-12(11-15(14)20)17(24)21-7-9-22(10-8-21)18(25)13-3-1-2-4-16(13)23/h1-6,11,23H,7-10H2. The summed E-state index contributed by atoms with van der Waals surface area (Å²) in [5, 5.41) is 10.4. The van der Waals surface area contributed by atoms with E-state index in [0.717, 1.165) is 3.57 Å². The molecule has 130 valence electrons. The number of hydrogen-bond acceptors (Lipinski definition) is 3. The van der Waals surface area contributed by atoms with Gasteiger partial charge in [-0.3, -0.25) is 9.59 Å². The average Bonchev–Trinajstić information content (AvgIpc) is 2.63. The predicted molar refractivity (Wildman–Crippen MR) is 104 cm³/mol. The quantitative estimate of drug-likeness (QED) is 0.686. The fourth-order valence-corrected chi connectivity index (χ4v) is 3.38. The Morgan fingerprint density at radius 2 is 1.56 bits per heavy atom. The lowest BCUT2D eigenvalue weighted by Crippen LogP contribution is -2.50. The second-order valence-electron chi connectivity index (χ2n) is 5.73. The number of carbonyl (C=O) groups excluding carboxylic acids is 2. The van der Waals surface area contributed by atoms with Crippen LogP contribution in [0.5, 0.6) is 5.75 Å². The first-order chi connectivity index (χ1) is 12.0. The normalized spacial score (nSPS) is 14.5. The first-order valence-electron chi connectivity index (χ1n) is 7.79. The van der Waals surface area contributed by atoms with Crippen LogP contribution in [0.15, 0.2) is 42.5 Å². The van der Waals surface area contributed by atoms with Crippen LogP contribution in [0.4, 0.5) is 0 Å². The highest BCUT2D eigenvalue weighted by Gasteiger charge is 2.26. The highest BCUT2D eigenvalue weighted by Crippen LogP contribution is 2.22. The van der Waals surface area contributed by atoms with Gasteiger partial charge in [-0.1, -0.05) is 23.7 Å². The SMILES string of the molecule is O=C(c1ccc(Cl)c(I)c1)N1CCN(C(=O)c2ccccc2O)CC1. The minimum absolute atomic E-state index is 0.0262. The fraction of sp³-hybridized carbons (Fsp3) is 0.222. The number of nitrogens with zero attached hydrogens (tertiary/aromatic N) is 2. The van der Waals surface area contributed by atoms with Gasteiger partial charge in [0.1, 0.15) is 5.75 Å². The number of amides is 2. The number of phenolic OH excluding ortho intramolecular Hbond substituents is 1. The van der Waals surface area contributed by atoms with Gasteiger partial charge in [-0.05, 0) is 52.9 Å². The number of rotatable bonds is 2. The van der Waals surface area contributed by atoms with Gasteiger partial charge in [0.25, 0.3) is 11.8 Å². The van der Waals surface area contributed by atoms with E-state index < -0.39 is 0 Å². The molecule has 2 aromatic rings. The molecule has 1 aliphatic rings. The number of para-hydroxylation sites is 1. The summed E-state index contributed by atoms with van der Waals surface area (Å²) in [6, 6.07) is 11.7. The largest absolute Gasteiger partial charge is 0.507 e. The number of aromatic hydroxyl groups is 1. The summed E-state index contributed by atoms with van der Waals surface area (Å²) in [7, 11) is 0. The summed E-state index contributed by atoms with van der Waals surface area (Å²) in [5.74, 6) is -0.308. The highest BCUT2D eigenvalue weighted by molar-refractivity contribution is 14.1. The number of carbonyl (C=O) groups is 2. The first kappa shape index (κ1) is 18.0. The number of benzene rings is 2. The van der Waals surface area contributed by atoms with E-state index >= 15 is 0 Å². The van der Waals surface area contributed by atoms with E-state index in [-0.39, 0.29) is 23.1 Å². The van der Waals surface area contributed by atoms with Crippen molar-refractivity contribution in [2.24, 2.45) is 0 Å². The zero-order valence-electron chi connectivity index (χ0n) is 13.3. The molecule has 1 heterocycles. The van der Waals surface area contributed by atoms with Gasteiger partial charge in [0.05, 0.1) is 10.6 Å². The van der Waals surface area contributed by atoms with Crippen molar-refractivity contribution in [3.05, 3.63) is 62.2 Å². The van der Waals surface area contributed by atoms with Gasteiger partial charge in [-0.15, -0.1) is 0 Å². The highest BCUT2D eigenvalue weighted by atomic mass is 127. The van der Waals surface area contributed by atoms with Crippen LogP contribution < -0.4 is 0 Å². The third-order valence-corrected chi connectivity index (χ3v) is 5.70. The molecule has 1 aliphatic heterocycles. The lowest BCUT2D eigenvalue weighted by molar-refractivity contribution is 0.0533. The van der Waals surface area contributed by atoms with E-state index in [9.17, 15) is 14.7 Å². The Hall–Kier alpha value is -1.80. The summed E-state index contributed by atoms with van der Waals surface area (Å²) in [6.07, 6.45) is 0. The number of piperazine rings is 1. The summed E-state index contributed by atoms with van der Waals surface area (Å²) < 4.78 is 0.832. The van der Waals surface area contributed by atoms with E-state index in [1.165, 1.54) is 6.07 Å². The molecule has 2 aromatic carbocycles. The molecule has 0 radical (unpaired) electrons. The molecule has 0 aromatic heterocycles. The Bertz CT molecular complexity index is 820. The van der Waals surface area contributed by atoms with Gasteiger partial charge in [-0.25, -0.2) is 0 Å². The van der Waals surface area contributed by atoms with Crippen molar-refractivity contribution in [3.8, 4) is 5.75 Å². The molecule has 0 aliphatic carbocycles. The zero-order valence-corrected chi connectivity index (χ0v) is 16.2. The smallest absolute Gasteiger partial charge is 0.257 e. The summed E-state index contributed by atoms with van der Waals surface area (Å²) in [5.41, 5.74) is 0.879. The number of halogens is 2. The van der Waals surface area contributed by atoms with Crippen LogP contribution in [-0.2, 0) is 0 Å². The summed E-state index contributed by atoms with van der Waals surface area (Å²) in [6.45, 7) is 1.78. The Labute approximate surface area is 164 Å². The molecule has 0 spiro atoms. The van der Waals surface area contributed by atoms with Crippen molar-refractivity contribution in [1.82, 2.24) is 9.80 Å². The van der Waals surface area contributed by atoms with Gasteiger partial charge in [0.15, 0.2) is 0 Å². The maximum absolute atomic E-state index is 12.6. The number of phenols is 1. The minimum Gasteiger partial charge on any atom is -0.507 e. The summed E-state index contributed by atoms with van der Waals surface area (Å²) in [4.78, 5) is 28.5. The van der Waals surface area contributed by atoms with Gasteiger partial charge in [0.2, 0.25) is 0 Å². The molecule has 0 atom stereocenters. The zero-order chi connectivity index (χ0) is 18.0. The monoisotopic (exact) mass is 470 g/mol. The molecule has 1 N–H and O–H groups in total. The second-order valence-corrected chi connectivity index (χ2v) is 7.30. The molecule has 3 rings (SSSR count). The molecule has 0 bridgehead atoms. The molecule has 7 heteroatoms. The average molecular weight is 471 g/mol. The van der Waals surface area contributed by atoms with Crippen molar-refractivity contribution in [2.75, 3.05) is 26.2 Å². The van der Waals surface area contributed by atoms with Crippen LogP contribution in [0.1, 0.15) is 20.7 Å². The third-order valence-electron chi connectivity index (χ3n) is 4.16. The first-order valence-corrected chi connectivity index (χ1v) is 9.24. The van der Waals surface area contributed by atoms with Crippen LogP contribution in [0, 0.1) is 3.57 Å². The van der Waals surface area contributed by atoms with Crippen molar-refractivity contribution < 1.29 is 14.7 Å². The molecule has 0 saturated carbocycles. The van der Waals surface area contributed by atoms with Gasteiger partial charge >= 0.3 is 0 Å². The van der Waals surface area contributed by atoms with E-state index in [4.69, 9.17) is 11.6 Å². The maximum atomic E-state index is 12.6. The topological polar surface area (TPSA) is 60.9 Å². The predicted octanol–water partition coefficient (Wildman–Crippen LogP) is 3.25. The van der Waals surface area contributed by atoms with E-state index in [1.54, 1.807) is 46.2 Å². The van der Waals surface area contributed by atoms with E-state index in [0.29, 0.717) is 36.8 Å². The molecular formula is C18H16ClIN2O3. The third kappa shape index (κ3) is 3.90. The van der Waals surface area contributed by atoms with Crippen molar-refractivity contribution in [1.29, 1.82) is 0 Å². The van der Waals surface area contributed by atoms with Gasteiger partial charge < -0.3 is 14.9 Å². The van der Waals surface area contributed by atoms with Crippen molar-refractivity contribution in [2.45, 2.75) is 0 Å². The van der Waals surface area contributed by atoms with Crippen LogP contribution in [0.25, 0.3) is 0 Å². The maximum Gasteiger partial charge on any atom is 0.257 e. The Morgan fingerprint density at radius 3 is 2.16 bits per heavy atom. The number of hydrogen-bond donors (Lipinski definition) is 1. The molecule has 1 saturated heterocycles. The van der Waals surface area contributed by atoms with Crippen LogP contribution in [0.3, 0.4) is 0 Å². The fourth-order valence-electron chi connectivity index (χ4n) is 2.75. The van der Waals surface area contributed by atoms with Crippen LogP contribution in [-0.4, -0.2) is 52.9 Å². The van der Waals surface area contributed by atoms with Crippen molar-refractivity contribution >= 4 is 46.0 Å². The Morgan fingerprint density at radius 1 is 0.960 bits per heavy atom. The molecular weight excluding hydrogens is 455 g/mol. The Balaban J connectivity index is 1.65. The molecule has 2 amide bonds. The van der Waals surface area contributed by atoms with Crippen LogP contribution in [0.2, 0.25) is 5.02 Å². The minimum atomic E-state index is -0.216. The lowest BCUT2D eigenvalue weighted by Gasteiger charge is -2.35. The lowest BCUT2D eigenvalue weighted by atomic mass is 10.1. The molecule has 0 unspecified atom stereocenters. The second kappa shape index (κ2) is 7.61. The van der Waals surface area contributed by atoms with Gasteiger partial charge in [-0.2, -0.15) is 0 Å². The van der Waals surface area contributed by atoms with Gasteiger partial charge in [0, 0.05) is 35.3 Å².